The molecule has 0 unspecified atom stereocenters. The van der Waals surface area contributed by atoms with Gasteiger partial charge in [0.2, 0.25) is 0 Å². The molecule has 0 atom stereocenters. The van der Waals surface area contributed by atoms with Gasteiger partial charge in [-0.3, -0.25) is 0 Å². The lowest BCUT2D eigenvalue weighted by Gasteiger charge is -2.42. The number of hydrogen-bond acceptors (Lipinski definition) is 3. The van der Waals surface area contributed by atoms with Crippen molar-refractivity contribution in [1.82, 2.24) is 10.6 Å². The molecule has 0 aliphatic carbocycles. The number of nitrogens with one attached hydrogen (secondary N) is 2. The summed E-state index contributed by atoms with van der Waals surface area (Å²) in [5, 5.41) is 6.06. The number of carbonyl (C=O) groups is 1. The van der Waals surface area contributed by atoms with Gasteiger partial charge in [0.15, 0.2) is 0 Å². The van der Waals surface area contributed by atoms with E-state index in [1.54, 1.807) is 0 Å². The summed E-state index contributed by atoms with van der Waals surface area (Å²) in [7, 11) is 0. The van der Waals surface area contributed by atoms with E-state index in [2.05, 4.69) is 17.6 Å². The van der Waals surface area contributed by atoms with Gasteiger partial charge in [-0.1, -0.05) is 6.92 Å². The van der Waals surface area contributed by atoms with Crippen LogP contribution in [0.1, 0.15) is 34.1 Å². The predicted molar refractivity (Wildman–Crippen MR) is 62.5 cm³/mol. The number of carbonyl (C=O) groups excluding carboxylic acids is 1. The van der Waals surface area contributed by atoms with Crippen molar-refractivity contribution in [3.8, 4) is 0 Å². The first-order valence-corrected chi connectivity index (χ1v) is 5.09. The van der Waals surface area contributed by atoms with E-state index in [1.165, 1.54) is 0 Å². The minimum atomic E-state index is -0.420. The second-order valence-corrected chi connectivity index (χ2v) is 4.86. The van der Waals surface area contributed by atoms with E-state index in [1.807, 2.05) is 20.8 Å². The van der Waals surface area contributed by atoms with Crippen molar-refractivity contribution in [2.45, 2.75) is 45.3 Å². The molecule has 1 aliphatic rings. The molecule has 0 radical (unpaired) electrons. The highest BCUT2D eigenvalue weighted by Gasteiger charge is 2.37. The number of amides is 1. The Hall–Kier alpha value is -0.480. The summed E-state index contributed by atoms with van der Waals surface area (Å²) in [6.45, 7) is 9.34. The SMILES string of the molecule is CCC1(NC(=O)OC(C)(C)C)CNC1.Cl. The molecule has 1 amide bonds. The number of hydrogen-bond donors (Lipinski definition) is 2. The molecule has 0 aromatic rings. The van der Waals surface area contributed by atoms with Crippen LogP contribution < -0.4 is 10.6 Å². The third-order valence-electron chi connectivity index (χ3n) is 2.37. The van der Waals surface area contributed by atoms with Crippen molar-refractivity contribution >= 4 is 18.5 Å². The van der Waals surface area contributed by atoms with E-state index in [0.29, 0.717) is 0 Å². The molecule has 0 aromatic heterocycles. The smallest absolute Gasteiger partial charge is 0.408 e. The molecular formula is C10H21ClN2O2. The van der Waals surface area contributed by atoms with E-state index in [-0.39, 0.29) is 24.0 Å². The highest BCUT2D eigenvalue weighted by atomic mass is 35.5. The zero-order valence-electron chi connectivity index (χ0n) is 9.85. The topological polar surface area (TPSA) is 50.4 Å². The first-order valence-electron chi connectivity index (χ1n) is 5.09. The van der Waals surface area contributed by atoms with E-state index in [9.17, 15) is 4.79 Å². The van der Waals surface area contributed by atoms with Crippen molar-refractivity contribution < 1.29 is 9.53 Å². The Morgan fingerprint density at radius 2 is 2.00 bits per heavy atom. The zero-order chi connectivity index (χ0) is 10.8. The molecule has 0 aromatic carbocycles. The van der Waals surface area contributed by atoms with Gasteiger partial charge in [-0.25, -0.2) is 4.79 Å². The van der Waals surface area contributed by atoms with Crippen LogP contribution in [0.25, 0.3) is 0 Å². The Balaban J connectivity index is 0.00000196. The first-order chi connectivity index (χ1) is 6.37. The first kappa shape index (κ1) is 14.5. The molecule has 15 heavy (non-hydrogen) atoms. The van der Waals surface area contributed by atoms with Gasteiger partial charge in [0.25, 0.3) is 0 Å². The summed E-state index contributed by atoms with van der Waals surface area (Å²) in [5.41, 5.74) is -0.501. The van der Waals surface area contributed by atoms with Gasteiger partial charge in [0.1, 0.15) is 5.60 Å². The number of ether oxygens (including phenoxy) is 1. The normalized spacial score (nSPS) is 18.4. The van der Waals surface area contributed by atoms with Crippen LogP contribution in [0.15, 0.2) is 0 Å². The molecule has 1 saturated heterocycles. The molecule has 0 saturated carbocycles. The fraction of sp³-hybridized carbons (Fsp3) is 0.900. The molecule has 1 rings (SSSR count). The quantitative estimate of drug-likeness (QED) is 0.767. The van der Waals surface area contributed by atoms with Gasteiger partial charge in [-0.05, 0) is 27.2 Å². The van der Waals surface area contributed by atoms with E-state index in [4.69, 9.17) is 4.74 Å². The highest BCUT2D eigenvalue weighted by molar-refractivity contribution is 5.85. The average Bonchev–Trinajstić information content (AvgIpc) is 1.93. The second kappa shape index (κ2) is 5.03. The van der Waals surface area contributed by atoms with Crippen LogP contribution in [0.3, 0.4) is 0 Å². The third-order valence-corrected chi connectivity index (χ3v) is 2.37. The summed E-state index contributed by atoms with van der Waals surface area (Å²) in [4.78, 5) is 11.5. The summed E-state index contributed by atoms with van der Waals surface area (Å²) in [6.07, 6.45) is 0.611. The molecular weight excluding hydrogens is 216 g/mol. The van der Waals surface area contributed by atoms with Crippen LogP contribution in [0, 0.1) is 0 Å². The number of alkyl carbamates (subject to hydrolysis) is 1. The summed E-state index contributed by atoms with van der Waals surface area (Å²) in [6, 6.07) is 0. The van der Waals surface area contributed by atoms with E-state index < -0.39 is 5.60 Å². The molecule has 0 bridgehead atoms. The van der Waals surface area contributed by atoms with Crippen LogP contribution in [0.5, 0.6) is 0 Å². The molecule has 2 N–H and O–H groups in total. The van der Waals surface area contributed by atoms with Gasteiger partial charge in [-0.2, -0.15) is 0 Å². The van der Waals surface area contributed by atoms with Gasteiger partial charge >= 0.3 is 6.09 Å². The summed E-state index contributed by atoms with van der Waals surface area (Å²) in [5.74, 6) is 0. The summed E-state index contributed by atoms with van der Waals surface area (Å²) < 4.78 is 5.19. The number of halogens is 1. The standard InChI is InChI=1S/C10H20N2O2.ClH/c1-5-10(6-11-7-10)12-8(13)14-9(2,3)4;/h11H,5-7H2,1-4H3,(H,12,13);1H. The van der Waals surface area contributed by atoms with Crippen LogP contribution in [0.4, 0.5) is 4.79 Å². The predicted octanol–water partition coefficient (Wildman–Crippen LogP) is 1.68. The Bertz CT molecular complexity index is 216. The fourth-order valence-electron chi connectivity index (χ4n) is 1.37. The molecule has 5 heteroatoms. The van der Waals surface area contributed by atoms with Crippen molar-refractivity contribution in [3.63, 3.8) is 0 Å². The van der Waals surface area contributed by atoms with Crippen LogP contribution >= 0.6 is 12.4 Å². The maximum atomic E-state index is 11.5. The van der Waals surface area contributed by atoms with Crippen LogP contribution in [-0.4, -0.2) is 30.3 Å². The molecule has 4 nitrogen and oxygen atoms in total. The van der Waals surface area contributed by atoms with Crippen LogP contribution in [0.2, 0.25) is 0 Å². The lowest BCUT2D eigenvalue weighted by atomic mass is 9.90. The van der Waals surface area contributed by atoms with E-state index in [0.717, 1.165) is 19.5 Å². The molecule has 90 valence electrons. The van der Waals surface area contributed by atoms with Gasteiger partial charge < -0.3 is 15.4 Å². The second-order valence-electron chi connectivity index (χ2n) is 4.86. The van der Waals surface area contributed by atoms with Crippen molar-refractivity contribution in [2.75, 3.05) is 13.1 Å². The molecule has 1 fully saturated rings. The molecule has 1 heterocycles. The lowest BCUT2D eigenvalue weighted by Crippen LogP contribution is -2.68. The zero-order valence-corrected chi connectivity index (χ0v) is 10.7. The maximum absolute atomic E-state index is 11.5. The van der Waals surface area contributed by atoms with Crippen molar-refractivity contribution in [2.24, 2.45) is 0 Å². The van der Waals surface area contributed by atoms with Gasteiger partial charge in [-0.15, -0.1) is 12.4 Å². The highest BCUT2D eigenvalue weighted by Crippen LogP contribution is 2.16. The average molecular weight is 237 g/mol. The van der Waals surface area contributed by atoms with Gasteiger partial charge in [0, 0.05) is 13.1 Å². The van der Waals surface area contributed by atoms with E-state index >= 15 is 0 Å². The monoisotopic (exact) mass is 236 g/mol. The number of rotatable bonds is 2. The molecule has 1 aliphatic heterocycles. The minimum Gasteiger partial charge on any atom is -0.444 e. The lowest BCUT2D eigenvalue weighted by molar-refractivity contribution is 0.0406. The Morgan fingerprint density at radius 1 is 1.47 bits per heavy atom. The minimum absolute atomic E-state index is 0. The maximum Gasteiger partial charge on any atom is 0.408 e. The van der Waals surface area contributed by atoms with Gasteiger partial charge in [0.05, 0.1) is 5.54 Å². The fourth-order valence-corrected chi connectivity index (χ4v) is 1.37. The van der Waals surface area contributed by atoms with Crippen molar-refractivity contribution in [3.05, 3.63) is 0 Å². The Kier molecular flexibility index (Phi) is 4.87. The Morgan fingerprint density at radius 3 is 2.27 bits per heavy atom. The molecule has 0 spiro atoms. The van der Waals surface area contributed by atoms with Crippen LogP contribution in [-0.2, 0) is 4.74 Å². The third kappa shape index (κ3) is 4.26. The largest absolute Gasteiger partial charge is 0.444 e. The Labute approximate surface area is 97.5 Å². The van der Waals surface area contributed by atoms with Crippen molar-refractivity contribution in [1.29, 1.82) is 0 Å². The summed E-state index contributed by atoms with van der Waals surface area (Å²) >= 11 is 0.